The van der Waals surface area contributed by atoms with E-state index in [9.17, 15) is 4.79 Å². The van der Waals surface area contributed by atoms with Gasteiger partial charge < -0.3 is 15.2 Å². The van der Waals surface area contributed by atoms with Crippen LogP contribution in [0.3, 0.4) is 0 Å². The van der Waals surface area contributed by atoms with Gasteiger partial charge in [-0.05, 0) is 43.0 Å². The Morgan fingerprint density at radius 2 is 1.90 bits per heavy atom. The summed E-state index contributed by atoms with van der Waals surface area (Å²) in [6.07, 6.45) is 0.962. The smallest absolute Gasteiger partial charge is 0.205 e. The average molecular weight is 415 g/mol. The van der Waals surface area contributed by atoms with Gasteiger partial charge in [0.1, 0.15) is 5.75 Å². The third kappa shape index (κ3) is 4.16. The van der Waals surface area contributed by atoms with Gasteiger partial charge in [0.15, 0.2) is 11.6 Å². The molecule has 0 aromatic heterocycles. The Morgan fingerprint density at radius 3 is 2.48 bits per heavy atom. The summed E-state index contributed by atoms with van der Waals surface area (Å²) in [5, 5.41) is 0.520. The van der Waals surface area contributed by atoms with Crippen LogP contribution >= 0.6 is 11.6 Å². The van der Waals surface area contributed by atoms with E-state index in [1.807, 2.05) is 56.3 Å². The van der Waals surface area contributed by atoms with E-state index in [0.29, 0.717) is 35.7 Å². The lowest BCUT2D eigenvalue weighted by molar-refractivity contribution is -0.134. The van der Waals surface area contributed by atoms with Gasteiger partial charge in [-0.15, -0.1) is 0 Å². The molecule has 154 valence electrons. The van der Waals surface area contributed by atoms with E-state index in [4.69, 9.17) is 31.8 Å². The van der Waals surface area contributed by atoms with E-state index in [-0.39, 0.29) is 5.78 Å². The number of rotatable bonds is 7. The Hall–Kier alpha value is -2.37. The largest absolute Gasteiger partial charge is 0.497 e. The second-order valence-corrected chi connectivity index (χ2v) is 7.59. The quantitative estimate of drug-likeness (QED) is 0.732. The number of ether oxygens (including phenoxy) is 2. The fourth-order valence-corrected chi connectivity index (χ4v) is 4.00. The number of carbonyl (C=O) groups excluding carboxylic acids is 1. The van der Waals surface area contributed by atoms with Crippen molar-refractivity contribution in [3.05, 3.63) is 64.7 Å². The molecule has 0 bridgehead atoms. The Kier molecular flexibility index (Phi) is 6.60. The third-order valence-corrected chi connectivity index (χ3v) is 5.73. The molecule has 0 saturated heterocycles. The molecule has 1 heterocycles. The maximum absolute atomic E-state index is 13.3. The van der Waals surface area contributed by atoms with Gasteiger partial charge in [-0.3, -0.25) is 4.79 Å². The molecule has 0 aliphatic carbocycles. The molecule has 0 saturated carbocycles. The monoisotopic (exact) mass is 414 g/mol. The van der Waals surface area contributed by atoms with Gasteiger partial charge in [-0.25, -0.2) is 4.99 Å². The topological polar surface area (TPSA) is 73.9 Å². The van der Waals surface area contributed by atoms with Crippen molar-refractivity contribution in [1.29, 1.82) is 0 Å². The lowest BCUT2D eigenvalue weighted by atomic mass is 9.80. The van der Waals surface area contributed by atoms with E-state index < -0.39 is 17.7 Å². The maximum atomic E-state index is 13.3. The molecular weight excluding hydrogens is 388 g/mol. The first-order valence-corrected chi connectivity index (χ1v) is 10.3. The zero-order valence-corrected chi connectivity index (χ0v) is 17.8. The molecule has 2 aromatic rings. The van der Waals surface area contributed by atoms with Crippen molar-refractivity contribution in [2.24, 2.45) is 10.7 Å². The first kappa shape index (κ1) is 21.3. The number of methoxy groups -OCH3 is 1. The van der Waals surface area contributed by atoms with E-state index in [0.717, 1.165) is 11.3 Å². The maximum Gasteiger partial charge on any atom is 0.205 e. The third-order valence-electron chi connectivity index (χ3n) is 5.40. The van der Waals surface area contributed by atoms with Crippen molar-refractivity contribution in [3.63, 3.8) is 0 Å². The molecule has 5 nitrogen and oxygen atoms in total. The molecule has 0 radical (unpaired) electrons. The van der Waals surface area contributed by atoms with Crippen molar-refractivity contribution in [2.45, 2.75) is 50.8 Å². The molecule has 2 aromatic carbocycles. The first-order valence-electron chi connectivity index (χ1n) is 9.89. The molecule has 1 aliphatic rings. The van der Waals surface area contributed by atoms with Gasteiger partial charge in [0, 0.05) is 10.6 Å². The average Bonchev–Trinajstić information content (AvgIpc) is 2.75. The van der Waals surface area contributed by atoms with Gasteiger partial charge in [-0.2, -0.15) is 0 Å². The fourth-order valence-electron chi connectivity index (χ4n) is 3.71. The van der Waals surface area contributed by atoms with Crippen LogP contribution in [-0.2, 0) is 21.5 Å². The summed E-state index contributed by atoms with van der Waals surface area (Å²) in [6, 6.07) is 14.6. The Labute approximate surface area is 176 Å². The molecule has 6 heteroatoms. The molecule has 3 unspecified atom stereocenters. The summed E-state index contributed by atoms with van der Waals surface area (Å²) in [5.74, 6) is 1.11. The van der Waals surface area contributed by atoms with Crippen LogP contribution in [0.15, 0.2) is 53.5 Å². The van der Waals surface area contributed by atoms with Crippen LogP contribution in [0, 0.1) is 0 Å². The second kappa shape index (κ2) is 8.97. The molecule has 0 fully saturated rings. The normalized spacial score (nSPS) is 22.6. The first-order chi connectivity index (χ1) is 13.9. The van der Waals surface area contributed by atoms with Crippen LogP contribution in [0.1, 0.15) is 37.8 Å². The number of halogens is 1. The number of carbonyl (C=O) groups is 1. The van der Waals surface area contributed by atoms with Gasteiger partial charge in [0.05, 0.1) is 13.2 Å². The predicted molar refractivity (Wildman–Crippen MR) is 116 cm³/mol. The lowest BCUT2D eigenvalue weighted by Crippen LogP contribution is -2.51. The summed E-state index contributed by atoms with van der Waals surface area (Å²) in [5.41, 5.74) is 7.13. The van der Waals surface area contributed by atoms with Crippen molar-refractivity contribution >= 4 is 23.3 Å². The summed E-state index contributed by atoms with van der Waals surface area (Å²) < 4.78 is 11.2. The summed E-state index contributed by atoms with van der Waals surface area (Å²) in [4.78, 5) is 18.1. The Morgan fingerprint density at radius 1 is 1.21 bits per heavy atom. The van der Waals surface area contributed by atoms with Gasteiger partial charge in [-0.1, -0.05) is 55.8 Å². The van der Waals surface area contributed by atoms with Crippen molar-refractivity contribution in [2.75, 3.05) is 7.11 Å². The molecule has 3 rings (SSSR count). The Balaban J connectivity index is 1.99. The van der Waals surface area contributed by atoms with Gasteiger partial charge in [0.25, 0.3) is 0 Å². The molecule has 2 N–H and O–H groups in total. The molecular formula is C23H27ClN2O3. The highest BCUT2D eigenvalue weighted by molar-refractivity contribution is 6.32. The number of nitrogens with zero attached hydrogens (tertiary/aromatic N) is 1. The summed E-state index contributed by atoms with van der Waals surface area (Å²) in [6.45, 7) is 3.86. The van der Waals surface area contributed by atoms with Crippen LogP contribution in [-0.4, -0.2) is 30.9 Å². The molecule has 1 aliphatic heterocycles. The van der Waals surface area contributed by atoms with Gasteiger partial charge >= 0.3 is 0 Å². The van der Waals surface area contributed by atoms with Crippen molar-refractivity contribution < 1.29 is 14.3 Å². The van der Waals surface area contributed by atoms with Crippen LogP contribution in [0.5, 0.6) is 5.75 Å². The van der Waals surface area contributed by atoms with Gasteiger partial charge in [0.2, 0.25) is 11.7 Å². The minimum absolute atomic E-state index is 0.0732. The standard InChI is InChI=1S/C23H27ClN2O3/c1-4-20-21(27)23(5-2,17-8-6-7-9-18(17)24)26-22(29-20)19(25)14-15-10-12-16(28-3)13-11-15/h6-13,19-20H,4-5,14,25H2,1-3H3. The van der Waals surface area contributed by atoms with E-state index in [1.54, 1.807) is 13.2 Å². The number of hydrogen-bond donors (Lipinski definition) is 1. The Bertz CT molecular complexity index is 897. The summed E-state index contributed by atoms with van der Waals surface area (Å²) >= 11 is 6.46. The number of aliphatic imine (C=N–C) groups is 1. The minimum atomic E-state index is -1.08. The highest BCUT2D eigenvalue weighted by Gasteiger charge is 2.48. The summed E-state index contributed by atoms with van der Waals surface area (Å²) in [7, 11) is 1.63. The van der Waals surface area contributed by atoms with Crippen molar-refractivity contribution in [1.82, 2.24) is 0 Å². The fraction of sp³-hybridized carbons (Fsp3) is 0.391. The van der Waals surface area contributed by atoms with Crippen LogP contribution in [0.4, 0.5) is 0 Å². The number of Topliss-reactive ketones (excluding diaryl/α,β-unsaturated/α-hetero) is 1. The molecule has 3 atom stereocenters. The number of nitrogens with two attached hydrogens (primary N) is 1. The minimum Gasteiger partial charge on any atom is -0.497 e. The molecule has 0 spiro atoms. The number of hydrogen-bond acceptors (Lipinski definition) is 5. The van der Waals surface area contributed by atoms with Crippen LogP contribution < -0.4 is 10.5 Å². The van der Waals surface area contributed by atoms with Crippen LogP contribution in [0.25, 0.3) is 0 Å². The molecule has 29 heavy (non-hydrogen) atoms. The van der Waals surface area contributed by atoms with Crippen LogP contribution in [0.2, 0.25) is 5.02 Å². The van der Waals surface area contributed by atoms with E-state index in [1.165, 1.54) is 0 Å². The highest BCUT2D eigenvalue weighted by atomic mass is 35.5. The SMILES string of the molecule is CCC1OC(C(N)Cc2ccc(OC)cc2)=NC(CC)(c2ccccc2Cl)C1=O. The molecule has 0 amide bonds. The predicted octanol–water partition coefficient (Wildman–Crippen LogP) is 4.30. The zero-order chi connectivity index (χ0) is 21.0. The van der Waals surface area contributed by atoms with E-state index >= 15 is 0 Å². The second-order valence-electron chi connectivity index (χ2n) is 7.18. The number of benzene rings is 2. The lowest BCUT2D eigenvalue weighted by Gasteiger charge is -2.38. The zero-order valence-electron chi connectivity index (χ0n) is 17.0. The van der Waals surface area contributed by atoms with E-state index in [2.05, 4.69) is 0 Å². The number of ketones is 1. The van der Waals surface area contributed by atoms with Crippen molar-refractivity contribution in [3.8, 4) is 5.75 Å². The highest BCUT2D eigenvalue weighted by Crippen LogP contribution is 2.40.